The standard InChI is InChI=1S/C18H13Cl2N3O4/c1-9(16(24)21-12-7-10(19)6-11(20)8-12)27-18(26)15-13-4-2-3-5-14(13)17(25)23-22-15/h2-9H,1H3,(H,21,24)(H,23,25)/t9-/m1/s1. The van der Waals surface area contributed by atoms with Gasteiger partial charge in [-0.25, -0.2) is 9.89 Å². The van der Waals surface area contributed by atoms with E-state index in [1.165, 1.54) is 25.1 Å². The second-order valence-corrected chi connectivity index (χ2v) is 6.51. The van der Waals surface area contributed by atoms with E-state index < -0.39 is 23.5 Å². The Kier molecular flexibility index (Phi) is 5.43. The number of halogens is 2. The molecule has 3 aromatic rings. The fourth-order valence-corrected chi connectivity index (χ4v) is 2.94. The lowest BCUT2D eigenvalue weighted by Crippen LogP contribution is -2.30. The molecule has 1 aromatic heterocycles. The number of carbonyl (C=O) groups is 2. The number of aromatic nitrogens is 2. The van der Waals surface area contributed by atoms with E-state index in [0.717, 1.165) is 0 Å². The molecule has 9 heteroatoms. The largest absolute Gasteiger partial charge is 0.448 e. The van der Waals surface area contributed by atoms with Crippen molar-refractivity contribution < 1.29 is 14.3 Å². The van der Waals surface area contributed by atoms with Crippen molar-refractivity contribution in [3.05, 3.63) is 68.6 Å². The van der Waals surface area contributed by atoms with Crippen molar-refractivity contribution in [2.75, 3.05) is 5.32 Å². The zero-order valence-electron chi connectivity index (χ0n) is 14.0. The normalized spacial score (nSPS) is 11.8. The molecule has 0 saturated carbocycles. The van der Waals surface area contributed by atoms with E-state index in [1.807, 2.05) is 0 Å². The van der Waals surface area contributed by atoms with Gasteiger partial charge in [0.1, 0.15) is 0 Å². The molecule has 0 unspecified atom stereocenters. The maximum absolute atomic E-state index is 12.4. The lowest BCUT2D eigenvalue weighted by molar-refractivity contribution is -0.123. The van der Waals surface area contributed by atoms with Crippen LogP contribution in [0.5, 0.6) is 0 Å². The highest BCUT2D eigenvalue weighted by Crippen LogP contribution is 2.22. The van der Waals surface area contributed by atoms with Crippen LogP contribution < -0.4 is 10.9 Å². The number of benzene rings is 2. The van der Waals surface area contributed by atoms with Gasteiger partial charge in [0.2, 0.25) is 0 Å². The molecule has 0 spiro atoms. The van der Waals surface area contributed by atoms with Crippen LogP contribution in [-0.2, 0) is 9.53 Å². The molecule has 2 N–H and O–H groups in total. The van der Waals surface area contributed by atoms with Crippen molar-refractivity contribution in [2.45, 2.75) is 13.0 Å². The topological polar surface area (TPSA) is 101 Å². The van der Waals surface area contributed by atoms with Gasteiger partial charge < -0.3 is 10.1 Å². The highest BCUT2D eigenvalue weighted by Gasteiger charge is 2.22. The number of nitrogens with one attached hydrogen (secondary N) is 2. The van der Waals surface area contributed by atoms with Gasteiger partial charge in [0, 0.05) is 21.1 Å². The van der Waals surface area contributed by atoms with Gasteiger partial charge in [0.15, 0.2) is 11.8 Å². The SMILES string of the molecule is C[C@@H](OC(=O)c1n[nH]c(=O)c2ccccc12)C(=O)Nc1cc(Cl)cc(Cl)c1. The second kappa shape index (κ2) is 7.77. The fraction of sp³-hybridized carbons (Fsp3) is 0.111. The van der Waals surface area contributed by atoms with Crippen LogP contribution in [-0.4, -0.2) is 28.2 Å². The van der Waals surface area contributed by atoms with E-state index in [1.54, 1.807) is 24.3 Å². The average Bonchev–Trinajstić information content (AvgIpc) is 2.61. The number of aromatic amines is 1. The summed E-state index contributed by atoms with van der Waals surface area (Å²) in [7, 11) is 0. The minimum atomic E-state index is -1.12. The molecule has 3 rings (SSSR count). The fourth-order valence-electron chi connectivity index (χ4n) is 2.41. The van der Waals surface area contributed by atoms with Crippen molar-refractivity contribution in [3.63, 3.8) is 0 Å². The highest BCUT2D eigenvalue weighted by molar-refractivity contribution is 6.35. The maximum Gasteiger partial charge on any atom is 0.360 e. The van der Waals surface area contributed by atoms with Crippen LogP contribution in [0.15, 0.2) is 47.3 Å². The first-order valence-corrected chi connectivity index (χ1v) is 8.56. The summed E-state index contributed by atoms with van der Waals surface area (Å²) in [6, 6.07) is 11.0. The van der Waals surface area contributed by atoms with Crippen LogP contribution in [0.3, 0.4) is 0 Å². The molecular formula is C18H13Cl2N3O4. The van der Waals surface area contributed by atoms with Gasteiger partial charge >= 0.3 is 5.97 Å². The third kappa shape index (κ3) is 4.27. The van der Waals surface area contributed by atoms with E-state index >= 15 is 0 Å². The van der Waals surface area contributed by atoms with Gasteiger partial charge in [0.25, 0.3) is 11.5 Å². The molecule has 1 atom stereocenters. The second-order valence-electron chi connectivity index (χ2n) is 5.64. The minimum Gasteiger partial charge on any atom is -0.448 e. The number of nitrogens with zero attached hydrogens (tertiary/aromatic N) is 1. The quantitative estimate of drug-likeness (QED) is 0.647. The number of carbonyl (C=O) groups excluding carboxylic acids is 2. The van der Waals surface area contributed by atoms with E-state index in [2.05, 4.69) is 15.5 Å². The molecule has 0 radical (unpaired) electrons. The van der Waals surface area contributed by atoms with E-state index in [-0.39, 0.29) is 5.69 Å². The number of esters is 1. The molecule has 7 nitrogen and oxygen atoms in total. The van der Waals surface area contributed by atoms with Crippen molar-refractivity contribution in [1.29, 1.82) is 0 Å². The minimum absolute atomic E-state index is 0.0874. The van der Waals surface area contributed by atoms with Crippen LogP contribution >= 0.6 is 23.2 Å². The molecule has 0 aliphatic rings. The Morgan fingerprint density at radius 3 is 2.41 bits per heavy atom. The number of H-pyrrole nitrogens is 1. The molecule has 2 aromatic carbocycles. The van der Waals surface area contributed by atoms with Gasteiger partial charge in [-0.05, 0) is 31.2 Å². The van der Waals surface area contributed by atoms with Gasteiger partial charge in [-0.3, -0.25) is 9.59 Å². The number of fused-ring (bicyclic) bond motifs is 1. The molecule has 1 amide bonds. The Bertz CT molecular complexity index is 1080. The first-order chi connectivity index (χ1) is 12.8. The molecule has 0 fully saturated rings. The van der Waals surface area contributed by atoms with Gasteiger partial charge in [-0.15, -0.1) is 0 Å². The third-order valence-corrected chi connectivity index (χ3v) is 4.11. The van der Waals surface area contributed by atoms with E-state index in [9.17, 15) is 14.4 Å². The van der Waals surface area contributed by atoms with E-state index in [4.69, 9.17) is 27.9 Å². The molecule has 27 heavy (non-hydrogen) atoms. The van der Waals surface area contributed by atoms with E-state index in [0.29, 0.717) is 26.5 Å². The number of hydrogen-bond donors (Lipinski definition) is 2. The first-order valence-electron chi connectivity index (χ1n) is 7.80. The molecule has 1 heterocycles. The summed E-state index contributed by atoms with van der Waals surface area (Å²) in [6.07, 6.45) is -1.12. The molecule has 0 bridgehead atoms. The Morgan fingerprint density at radius 1 is 1.11 bits per heavy atom. The number of anilines is 1. The summed E-state index contributed by atoms with van der Waals surface area (Å²) in [5.41, 5.74) is -0.144. The summed E-state index contributed by atoms with van der Waals surface area (Å²) in [5.74, 6) is -1.41. The average molecular weight is 406 g/mol. The smallest absolute Gasteiger partial charge is 0.360 e. The lowest BCUT2D eigenvalue weighted by Gasteiger charge is -2.14. The van der Waals surface area contributed by atoms with Gasteiger partial charge in [-0.2, -0.15) is 5.10 Å². The van der Waals surface area contributed by atoms with Crippen LogP contribution in [0.2, 0.25) is 10.0 Å². The predicted molar refractivity (Wildman–Crippen MR) is 102 cm³/mol. The molecular weight excluding hydrogens is 393 g/mol. The van der Waals surface area contributed by atoms with Crippen LogP contribution in [0.25, 0.3) is 10.8 Å². The van der Waals surface area contributed by atoms with Crippen LogP contribution in [0, 0.1) is 0 Å². The summed E-state index contributed by atoms with van der Waals surface area (Å²) in [4.78, 5) is 36.5. The Labute approximate surface area is 163 Å². The Balaban J connectivity index is 1.77. The molecule has 0 aliphatic carbocycles. The van der Waals surface area contributed by atoms with Crippen molar-refractivity contribution in [1.82, 2.24) is 10.2 Å². The van der Waals surface area contributed by atoms with Gasteiger partial charge in [0.05, 0.1) is 5.39 Å². The maximum atomic E-state index is 12.4. The molecule has 0 aliphatic heterocycles. The highest BCUT2D eigenvalue weighted by atomic mass is 35.5. The third-order valence-electron chi connectivity index (χ3n) is 3.67. The number of ether oxygens (including phenoxy) is 1. The summed E-state index contributed by atoms with van der Waals surface area (Å²) >= 11 is 11.8. The summed E-state index contributed by atoms with van der Waals surface area (Å²) < 4.78 is 5.18. The Morgan fingerprint density at radius 2 is 1.74 bits per heavy atom. The Hall–Kier alpha value is -2.90. The molecule has 138 valence electrons. The first kappa shape index (κ1) is 18.9. The monoisotopic (exact) mass is 405 g/mol. The lowest BCUT2D eigenvalue weighted by atomic mass is 10.1. The number of hydrogen-bond acceptors (Lipinski definition) is 5. The molecule has 0 saturated heterocycles. The zero-order chi connectivity index (χ0) is 19.6. The van der Waals surface area contributed by atoms with Crippen LogP contribution in [0.4, 0.5) is 5.69 Å². The van der Waals surface area contributed by atoms with Crippen molar-refractivity contribution in [3.8, 4) is 0 Å². The van der Waals surface area contributed by atoms with Crippen LogP contribution in [0.1, 0.15) is 17.4 Å². The number of amides is 1. The zero-order valence-corrected chi connectivity index (χ0v) is 15.5. The van der Waals surface area contributed by atoms with Gasteiger partial charge in [-0.1, -0.05) is 41.4 Å². The number of rotatable bonds is 4. The summed E-state index contributed by atoms with van der Waals surface area (Å²) in [5, 5.41) is 9.89. The van der Waals surface area contributed by atoms with Crippen molar-refractivity contribution in [2.24, 2.45) is 0 Å². The summed E-state index contributed by atoms with van der Waals surface area (Å²) in [6.45, 7) is 1.41. The predicted octanol–water partition coefficient (Wildman–Crippen LogP) is 3.41. The van der Waals surface area contributed by atoms with Crippen molar-refractivity contribution >= 4 is 51.5 Å².